The van der Waals surface area contributed by atoms with E-state index < -0.39 is 0 Å². The zero-order valence-electron chi connectivity index (χ0n) is 14.2. The van der Waals surface area contributed by atoms with Crippen LogP contribution in [-0.2, 0) is 19.4 Å². The van der Waals surface area contributed by atoms with Gasteiger partial charge in [-0.15, -0.1) is 11.3 Å². The molecule has 0 amide bonds. The van der Waals surface area contributed by atoms with Gasteiger partial charge < -0.3 is 10.5 Å². The molecule has 1 aliphatic carbocycles. The van der Waals surface area contributed by atoms with E-state index in [0.29, 0.717) is 13.2 Å². The quantitative estimate of drug-likeness (QED) is 0.779. The summed E-state index contributed by atoms with van der Waals surface area (Å²) in [7, 11) is 0. The summed E-state index contributed by atoms with van der Waals surface area (Å²) in [4.78, 5) is 7.50. The molecule has 24 heavy (non-hydrogen) atoms. The van der Waals surface area contributed by atoms with E-state index in [1.807, 2.05) is 36.5 Å². The smallest absolute Gasteiger partial charge is 0.194 e. The molecule has 3 aromatic rings. The van der Waals surface area contributed by atoms with Crippen molar-refractivity contribution in [3.63, 3.8) is 0 Å². The number of aromatic nitrogens is 2. The number of hydrogen-bond acceptors (Lipinski definition) is 4. The number of ether oxygens (including phenoxy) is 1. The standard InChI is InChI=1S/C19H23N3OS/c1-3-23-16-7-5-4-6-13(16)18-15(11-20)22-14-9-8-12(2)10-17(14)24-19(22)21-18/h4-7,12H,3,8-11,20H2,1-2H3. The lowest BCUT2D eigenvalue weighted by Crippen LogP contribution is -2.13. The van der Waals surface area contributed by atoms with Crippen LogP contribution in [0.15, 0.2) is 24.3 Å². The third-order valence-electron chi connectivity index (χ3n) is 4.79. The van der Waals surface area contributed by atoms with Crippen molar-refractivity contribution in [1.29, 1.82) is 0 Å². The Balaban J connectivity index is 1.90. The molecule has 4 rings (SSSR count). The van der Waals surface area contributed by atoms with E-state index in [9.17, 15) is 0 Å². The number of benzene rings is 1. The fourth-order valence-corrected chi connectivity index (χ4v) is 4.98. The molecule has 126 valence electrons. The van der Waals surface area contributed by atoms with Crippen molar-refractivity contribution in [2.45, 2.75) is 39.7 Å². The second-order valence-corrected chi connectivity index (χ2v) is 7.54. The van der Waals surface area contributed by atoms with E-state index >= 15 is 0 Å². The summed E-state index contributed by atoms with van der Waals surface area (Å²) in [5.74, 6) is 1.64. The first-order valence-electron chi connectivity index (χ1n) is 8.67. The summed E-state index contributed by atoms with van der Waals surface area (Å²) in [6, 6.07) is 8.11. The third kappa shape index (κ3) is 2.43. The highest BCUT2D eigenvalue weighted by Crippen LogP contribution is 2.38. The third-order valence-corrected chi connectivity index (χ3v) is 5.90. The van der Waals surface area contributed by atoms with Crippen molar-refractivity contribution in [3.05, 3.63) is 40.5 Å². The Labute approximate surface area is 146 Å². The summed E-state index contributed by atoms with van der Waals surface area (Å²) in [5.41, 5.74) is 10.7. The van der Waals surface area contributed by atoms with Gasteiger partial charge in [0.25, 0.3) is 0 Å². The number of thiazole rings is 1. The van der Waals surface area contributed by atoms with Gasteiger partial charge in [0.05, 0.1) is 18.0 Å². The molecule has 1 atom stereocenters. The zero-order valence-corrected chi connectivity index (χ0v) is 15.0. The number of rotatable bonds is 4. The molecular weight excluding hydrogens is 318 g/mol. The van der Waals surface area contributed by atoms with Crippen molar-refractivity contribution in [1.82, 2.24) is 9.38 Å². The van der Waals surface area contributed by atoms with Crippen LogP contribution in [0.5, 0.6) is 5.75 Å². The summed E-state index contributed by atoms with van der Waals surface area (Å²) in [6.07, 6.45) is 3.52. The van der Waals surface area contributed by atoms with Crippen LogP contribution >= 0.6 is 11.3 Å². The Morgan fingerprint density at radius 1 is 1.38 bits per heavy atom. The van der Waals surface area contributed by atoms with Crippen molar-refractivity contribution >= 4 is 16.3 Å². The Morgan fingerprint density at radius 2 is 2.21 bits per heavy atom. The minimum absolute atomic E-state index is 0.482. The first-order chi connectivity index (χ1) is 11.7. The summed E-state index contributed by atoms with van der Waals surface area (Å²) < 4.78 is 8.11. The second kappa shape index (κ2) is 6.22. The highest BCUT2D eigenvalue weighted by molar-refractivity contribution is 7.17. The average molecular weight is 341 g/mol. The van der Waals surface area contributed by atoms with Gasteiger partial charge in [-0.25, -0.2) is 4.98 Å². The predicted octanol–water partition coefficient (Wildman–Crippen LogP) is 4.05. The molecule has 2 aromatic heterocycles. The van der Waals surface area contributed by atoms with Gasteiger partial charge in [-0.3, -0.25) is 4.40 Å². The van der Waals surface area contributed by atoms with Gasteiger partial charge in [0.1, 0.15) is 5.75 Å². The van der Waals surface area contributed by atoms with Gasteiger partial charge in [0.2, 0.25) is 0 Å². The van der Waals surface area contributed by atoms with E-state index in [1.165, 1.54) is 17.0 Å². The van der Waals surface area contributed by atoms with Crippen LogP contribution in [0.4, 0.5) is 0 Å². The molecule has 0 fully saturated rings. The molecule has 0 saturated carbocycles. The van der Waals surface area contributed by atoms with E-state index in [-0.39, 0.29) is 0 Å². The van der Waals surface area contributed by atoms with Gasteiger partial charge in [0, 0.05) is 22.7 Å². The number of imidazole rings is 1. The molecule has 0 saturated heterocycles. The highest BCUT2D eigenvalue weighted by Gasteiger charge is 2.25. The minimum Gasteiger partial charge on any atom is -0.493 e. The first-order valence-corrected chi connectivity index (χ1v) is 9.48. The van der Waals surface area contributed by atoms with E-state index in [0.717, 1.165) is 46.4 Å². The van der Waals surface area contributed by atoms with Gasteiger partial charge in [0.15, 0.2) is 4.96 Å². The van der Waals surface area contributed by atoms with E-state index in [4.69, 9.17) is 15.5 Å². The number of aryl methyl sites for hydroxylation is 1. The van der Waals surface area contributed by atoms with Crippen LogP contribution in [0, 0.1) is 5.92 Å². The van der Waals surface area contributed by atoms with Crippen LogP contribution in [0.3, 0.4) is 0 Å². The zero-order chi connectivity index (χ0) is 16.7. The first kappa shape index (κ1) is 15.7. The van der Waals surface area contributed by atoms with Crippen molar-refractivity contribution in [2.24, 2.45) is 11.7 Å². The lowest BCUT2D eigenvalue weighted by molar-refractivity contribution is 0.341. The van der Waals surface area contributed by atoms with Crippen LogP contribution in [0.1, 0.15) is 36.5 Å². The van der Waals surface area contributed by atoms with Crippen LogP contribution in [-0.4, -0.2) is 16.0 Å². The number of nitrogens with zero attached hydrogens (tertiary/aromatic N) is 2. The number of hydrogen-bond donors (Lipinski definition) is 1. The predicted molar refractivity (Wildman–Crippen MR) is 98.8 cm³/mol. The molecule has 0 aliphatic heterocycles. The van der Waals surface area contributed by atoms with Crippen LogP contribution in [0.25, 0.3) is 16.2 Å². The molecule has 4 nitrogen and oxygen atoms in total. The summed E-state index contributed by atoms with van der Waals surface area (Å²) in [5, 5.41) is 0. The molecule has 1 aromatic carbocycles. The fourth-order valence-electron chi connectivity index (χ4n) is 3.63. The minimum atomic E-state index is 0.482. The number of para-hydroxylation sites is 1. The maximum absolute atomic E-state index is 6.15. The largest absolute Gasteiger partial charge is 0.493 e. The molecule has 1 aliphatic rings. The summed E-state index contributed by atoms with van der Waals surface area (Å²) >= 11 is 1.82. The van der Waals surface area contributed by atoms with Crippen molar-refractivity contribution < 1.29 is 4.74 Å². The van der Waals surface area contributed by atoms with Gasteiger partial charge in [-0.2, -0.15) is 0 Å². The van der Waals surface area contributed by atoms with Gasteiger partial charge in [-0.1, -0.05) is 19.1 Å². The maximum atomic E-state index is 6.15. The highest BCUT2D eigenvalue weighted by atomic mass is 32.1. The van der Waals surface area contributed by atoms with Crippen LogP contribution in [0.2, 0.25) is 0 Å². The molecule has 0 spiro atoms. The SMILES string of the molecule is CCOc1ccccc1-c1nc2sc3c(n2c1CN)CCC(C)C3. The molecule has 2 heterocycles. The lowest BCUT2D eigenvalue weighted by Gasteiger charge is -2.18. The fraction of sp³-hybridized carbons (Fsp3) is 0.421. The average Bonchev–Trinajstić information content (AvgIpc) is 3.10. The molecule has 0 bridgehead atoms. The lowest BCUT2D eigenvalue weighted by atomic mass is 9.93. The van der Waals surface area contributed by atoms with Crippen molar-refractivity contribution in [2.75, 3.05) is 6.61 Å². The molecule has 5 heteroatoms. The van der Waals surface area contributed by atoms with Crippen molar-refractivity contribution in [3.8, 4) is 17.0 Å². The van der Waals surface area contributed by atoms with Crippen LogP contribution < -0.4 is 10.5 Å². The Hall–Kier alpha value is -1.85. The van der Waals surface area contributed by atoms with Gasteiger partial charge in [-0.05, 0) is 44.2 Å². The normalized spacial score (nSPS) is 17.2. The van der Waals surface area contributed by atoms with Gasteiger partial charge >= 0.3 is 0 Å². The monoisotopic (exact) mass is 341 g/mol. The molecular formula is C19H23N3OS. The number of fused-ring (bicyclic) bond motifs is 3. The Morgan fingerprint density at radius 3 is 3.00 bits per heavy atom. The van der Waals surface area contributed by atoms with E-state index in [1.54, 1.807) is 0 Å². The maximum Gasteiger partial charge on any atom is 0.194 e. The molecule has 2 N–H and O–H groups in total. The number of nitrogens with two attached hydrogens (primary N) is 1. The Kier molecular flexibility index (Phi) is 4.06. The Bertz CT molecular complexity index is 880. The summed E-state index contributed by atoms with van der Waals surface area (Å²) in [6.45, 7) is 5.46. The van der Waals surface area contributed by atoms with E-state index in [2.05, 4.69) is 17.4 Å². The second-order valence-electron chi connectivity index (χ2n) is 6.48. The topological polar surface area (TPSA) is 52.5 Å². The molecule has 1 unspecified atom stereocenters. The molecule has 0 radical (unpaired) electrons.